The van der Waals surface area contributed by atoms with Crippen molar-refractivity contribution >= 4 is 54.4 Å². The maximum absolute atomic E-state index is 13.1. The van der Waals surface area contributed by atoms with Gasteiger partial charge < -0.3 is 10.1 Å². The van der Waals surface area contributed by atoms with Crippen LogP contribution < -0.4 is 10.1 Å². The van der Waals surface area contributed by atoms with Gasteiger partial charge in [0.05, 0.1) is 16.7 Å². The largest absolute Gasteiger partial charge is 0.494 e. The monoisotopic (exact) mass is 477 g/mol. The molecule has 0 bridgehead atoms. The van der Waals surface area contributed by atoms with E-state index in [4.69, 9.17) is 4.74 Å². The molecule has 7 nitrogen and oxygen atoms in total. The van der Waals surface area contributed by atoms with E-state index in [0.717, 1.165) is 15.1 Å². The molecule has 3 aromatic rings. The number of aromatic nitrogens is 1. The van der Waals surface area contributed by atoms with Crippen LogP contribution in [0.5, 0.6) is 5.75 Å². The first-order valence-corrected chi connectivity index (χ1v) is 13.3. The first-order chi connectivity index (χ1) is 14.9. The molecule has 0 aliphatic carbocycles. The van der Waals surface area contributed by atoms with Crippen molar-refractivity contribution in [1.82, 2.24) is 9.29 Å². The van der Waals surface area contributed by atoms with Crippen molar-refractivity contribution in [3.8, 4) is 5.75 Å². The van der Waals surface area contributed by atoms with Gasteiger partial charge in [0, 0.05) is 23.9 Å². The van der Waals surface area contributed by atoms with Crippen molar-refractivity contribution in [2.45, 2.75) is 22.6 Å². The highest BCUT2D eigenvalue weighted by molar-refractivity contribution is 7.99. The lowest BCUT2D eigenvalue weighted by Crippen LogP contribution is -2.41. The summed E-state index contributed by atoms with van der Waals surface area (Å²) in [7, 11) is -1.99. The predicted molar refractivity (Wildman–Crippen MR) is 125 cm³/mol. The maximum Gasteiger partial charge on any atom is 0.244 e. The van der Waals surface area contributed by atoms with Crippen LogP contribution >= 0.6 is 23.1 Å². The first-order valence-electron chi connectivity index (χ1n) is 9.81. The molecule has 0 unspecified atom stereocenters. The van der Waals surface area contributed by atoms with Gasteiger partial charge in [-0.1, -0.05) is 29.5 Å². The van der Waals surface area contributed by atoms with Crippen molar-refractivity contribution in [1.29, 1.82) is 0 Å². The molecule has 0 spiro atoms. The summed E-state index contributed by atoms with van der Waals surface area (Å²) >= 11 is 2.81. The van der Waals surface area contributed by atoms with Crippen LogP contribution in [-0.4, -0.2) is 50.1 Å². The number of hydrogen-bond acceptors (Lipinski definition) is 7. The van der Waals surface area contributed by atoms with E-state index in [1.807, 2.05) is 36.6 Å². The Morgan fingerprint density at radius 1 is 1.19 bits per heavy atom. The first kappa shape index (κ1) is 22.1. The second kappa shape index (κ2) is 9.15. The Bertz CT molecular complexity index is 1200. The maximum atomic E-state index is 13.1. The van der Waals surface area contributed by atoms with Gasteiger partial charge in [-0.3, -0.25) is 4.79 Å². The molecular formula is C21H23N3O4S3. The third-order valence-corrected chi connectivity index (χ3v) is 9.16. The van der Waals surface area contributed by atoms with Crippen LogP contribution in [0.3, 0.4) is 0 Å². The van der Waals surface area contributed by atoms with Crippen LogP contribution in [0.25, 0.3) is 10.2 Å². The molecule has 164 valence electrons. The van der Waals surface area contributed by atoms with Gasteiger partial charge >= 0.3 is 0 Å². The molecule has 10 heteroatoms. The minimum atomic E-state index is -3.58. The standard InChI is InChI=1S/C21H23N3O4S3/c1-28-15-6-5-8-17-19(15)22-21(30-17)23-20(25)14-10-12-24(13-11-14)31(26,27)18-9-4-3-7-16(18)29-2/h3-9,14H,10-13H2,1-2H3,(H,22,23,25). The number of nitrogens with one attached hydrogen (secondary N) is 1. The van der Waals surface area contributed by atoms with Crippen LogP contribution in [0.2, 0.25) is 0 Å². The fraction of sp³-hybridized carbons (Fsp3) is 0.333. The van der Waals surface area contributed by atoms with E-state index in [2.05, 4.69) is 10.3 Å². The van der Waals surface area contributed by atoms with Crippen LogP contribution in [0.4, 0.5) is 5.13 Å². The third-order valence-electron chi connectivity index (χ3n) is 5.34. The Morgan fingerprint density at radius 2 is 1.94 bits per heavy atom. The minimum Gasteiger partial charge on any atom is -0.494 e. The Morgan fingerprint density at radius 3 is 2.65 bits per heavy atom. The lowest BCUT2D eigenvalue weighted by molar-refractivity contribution is -0.120. The summed E-state index contributed by atoms with van der Waals surface area (Å²) in [6.07, 6.45) is 2.81. The van der Waals surface area contributed by atoms with Gasteiger partial charge in [0.2, 0.25) is 15.9 Å². The van der Waals surface area contributed by atoms with E-state index >= 15 is 0 Å². The topological polar surface area (TPSA) is 88.6 Å². The smallest absolute Gasteiger partial charge is 0.244 e. The van der Waals surface area contributed by atoms with Crippen molar-refractivity contribution in [2.24, 2.45) is 5.92 Å². The minimum absolute atomic E-state index is 0.125. The number of methoxy groups -OCH3 is 1. The van der Waals surface area contributed by atoms with E-state index in [1.54, 1.807) is 19.2 Å². The van der Waals surface area contributed by atoms with Gasteiger partial charge in [0.1, 0.15) is 11.3 Å². The molecule has 0 atom stereocenters. The Kier molecular flexibility index (Phi) is 6.52. The van der Waals surface area contributed by atoms with Crippen molar-refractivity contribution in [2.75, 3.05) is 31.8 Å². The average molecular weight is 478 g/mol. The molecule has 4 rings (SSSR count). The molecule has 0 saturated carbocycles. The molecule has 2 aromatic carbocycles. The normalized spacial score (nSPS) is 15.8. The highest BCUT2D eigenvalue weighted by Crippen LogP contribution is 2.33. The highest BCUT2D eigenvalue weighted by Gasteiger charge is 2.33. The number of carbonyl (C=O) groups is 1. The Balaban J connectivity index is 1.42. The number of carbonyl (C=O) groups excluding carboxylic acids is 1. The molecule has 1 aliphatic heterocycles. The van der Waals surface area contributed by atoms with E-state index in [-0.39, 0.29) is 11.8 Å². The van der Waals surface area contributed by atoms with Gasteiger partial charge in [-0.25, -0.2) is 13.4 Å². The lowest BCUT2D eigenvalue weighted by atomic mass is 9.97. The SMILES string of the molecule is COc1cccc2sc(NC(=O)C3CCN(S(=O)(=O)c4ccccc4SC)CC3)nc12. The summed E-state index contributed by atoms with van der Waals surface area (Å²) < 4.78 is 33.9. The number of sulfonamides is 1. The average Bonchev–Trinajstić information content (AvgIpc) is 3.21. The number of thioether (sulfide) groups is 1. The zero-order valence-electron chi connectivity index (χ0n) is 17.2. The summed E-state index contributed by atoms with van der Waals surface area (Å²) in [6.45, 7) is 0.633. The number of thiazole rings is 1. The molecule has 1 aromatic heterocycles. The fourth-order valence-electron chi connectivity index (χ4n) is 3.68. The summed E-state index contributed by atoms with van der Waals surface area (Å²) in [5.41, 5.74) is 0.721. The lowest BCUT2D eigenvalue weighted by Gasteiger charge is -2.30. The van der Waals surface area contributed by atoms with Gasteiger partial charge in [0.25, 0.3) is 0 Å². The highest BCUT2D eigenvalue weighted by atomic mass is 32.2. The number of nitrogens with zero attached hydrogens (tertiary/aromatic N) is 2. The second-order valence-corrected chi connectivity index (χ2v) is 10.9. The van der Waals surface area contributed by atoms with Gasteiger partial charge in [-0.05, 0) is 43.4 Å². The summed E-state index contributed by atoms with van der Waals surface area (Å²) in [4.78, 5) is 18.3. The number of ether oxygens (including phenoxy) is 1. The molecule has 2 heterocycles. The second-order valence-electron chi connectivity index (χ2n) is 7.14. The molecule has 1 N–H and O–H groups in total. The zero-order chi connectivity index (χ0) is 22.0. The van der Waals surface area contributed by atoms with Crippen molar-refractivity contribution in [3.63, 3.8) is 0 Å². The van der Waals surface area contributed by atoms with E-state index < -0.39 is 10.0 Å². The number of para-hydroxylation sites is 1. The van der Waals surface area contributed by atoms with Crippen molar-refractivity contribution in [3.05, 3.63) is 42.5 Å². The number of piperidine rings is 1. The van der Waals surface area contributed by atoms with E-state index in [9.17, 15) is 13.2 Å². The molecular weight excluding hydrogens is 454 g/mol. The van der Waals surface area contributed by atoms with Crippen LogP contribution in [0.1, 0.15) is 12.8 Å². The third kappa shape index (κ3) is 4.43. The van der Waals surface area contributed by atoms with Crippen LogP contribution in [0, 0.1) is 5.92 Å². The quantitative estimate of drug-likeness (QED) is 0.539. The molecule has 1 amide bonds. The van der Waals surface area contributed by atoms with Crippen molar-refractivity contribution < 1.29 is 17.9 Å². The van der Waals surface area contributed by atoms with Gasteiger partial charge in [-0.15, -0.1) is 11.8 Å². The van der Waals surface area contributed by atoms with E-state index in [0.29, 0.717) is 41.7 Å². The van der Waals surface area contributed by atoms with Crippen LogP contribution in [-0.2, 0) is 14.8 Å². The van der Waals surface area contributed by atoms with Gasteiger partial charge in [0.15, 0.2) is 5.13 Å². The van der Waals surface area contributed by atoms with E-state index in [1.165, 1.54) is 27.4 Å². The number of anilines is 1. The number of rotatable bonds is 6. The van der Waals surface area contributed by atoms with Crippen LogP contribution in [0.15, 0.2) is 52.3 Å². The summed E-state index contributed by atoms with van der Waals surface area (Å²) in [5, 5.41) is 3.42. The number of benzene rings is 2. The molecule has 0 radical (unpaired) electrons. The molecule has 31 heavy (non-hydrogen) atoms. The Labute approximate surface area is 189 Å². The number of fused-ring (bicyclic) bond motifs is 1. The number of hydrogen-bond donors (Lipinski definition) is 1. The fourth-order valence-corrected chi connectivity index (χ4v) is 7.16. The molecule has 1 fully saturated rings. The molecule has 1 saturated heterocycles. The summed E-state index contributed by atoms with van der Waals surface area (Å²) in [6, 6.07) is 12.7. The predicted octanol–water partition coefficient (Wildman–Crippen LogP) is 4.07. The Hall–Kier alpha value is -2.14. The van der Waals surface area contributed by atoms with Gasteiger partial charge in [-0.2, -0.15) is 4.31 Å². The number of amides is 1. The summed E-state index contributed by atoms with van der Waals surface area (Å²) in [5.74, 6) is 0.286. The molecule has 1 aliphatic rings. The zero-order valence-corrected chi connectivity index (χ0v) is 19.6.